The van der Waals surface area contributed by atoms with Gasteiger partial charge < -0.3 is 0 Å². The molecule has 0 saturated heterocycles. The van der Waals surface area contributed by atoms with Crippen molar-refractivity contribution in [2.75, 3.05) is 11.6 Å². The Hall–Kier alpha value is -1.38. The van der Waals surface area contributed by atoms with Crippen LogP contribution in [0.2, 0.25) is 0 Å². The first-order valence-electron chi connectivity index (χ1n) is 7.20. The molecule has 0 saturated carbocycles. The largest absolute Gasteiger partial charge is 0.272 e. The number of hydrogen-bond donors (Lipinski definition) is 2. The van der Waals surface area contributed by atoms with E-state index >= 15 is 0 Å². The summed E-state index contributed by atoms with van der Waals surface area (Å²) in [7, 11) is 0. The lowest BCUT2D eigenvalue weighted by Gasteiger charge is -2.11. The van der Waals surface area contributed by atoms with Gasteiger partial charge in [0.05, 0.1) is 5.75 Å². The van der Waals surface area contributed by atoms with Gasteiger partial charge in [0, 0.05) is 10.3 Å². The Morgan fingerprint density at radius 1 is 1.22 bits per heavy atom. The van der Waals surface area contributed by atoms with Gasteiger partial charge in [-0.1, -0.05) is 11.8 Å². The molecule has 0 bridgehead atoms. The van der Waals surface area contributed by atoms with Crippen molar-refractivity contribution in [3.63, 3.8) is 0 Å². The number of fused-ring (bicyclic) bond motifs is 3. The normalized spacial score (nSPS) is 13.6. The van der Waals surface area contributed by atoms with Crippen LogP contribution in [0.25, 0.3) is 10.2 Å². The number of alkyl halides is 1. The number of halogens is 1. The number of rotatable bonds is 4. The van der Waals surface area contributed by atoms with Crippen molar-refractivity contribution in [2.45, 2.75) is 30.7 Å². The molecule has 0 spiro atoms. The van der Waals surface area contributed by atoms with Crippen molar-refractivity contribution in [3.05, 3.63) is 16.8 Å². The molecule has 0 aromatic carbocycles. The van der Waals surface area contributed by atoms with E-state index in [9.17, 15) is 9.59 Å². The first-order chi connectivity index (χ1) is 11.2. The van der Waals surface area contributed by atoms with E-state index in [0.29, 0.717) is 0 Å². The molecule has 1 aliphatic carbocycles. The molecule has 0 radical (unpaired) electrons. The summed E-state index contributed by atoms with van der Waals surface area (Å²) < 4.78 is 0. The molecule has 1 aliphatic rings. The van der Waals surface area contributed by atoms with E-state index in [1.165, 1.54) is 35.0 Å². The highest BCUT2D eigenvalue weighted by Crippen LogP contribution is 2.39. The maximum Gasteiger partial charge on any atom is 0.253 e. The van der Waals surface area contributed by atoms with Gasteiger partial charge in [-0.2, -0.15) is 0 Å². The van der Waals surface area contributed by atoms with Crippen molar-refractivity contribution in [1.82, 2.24) is 20.8 Å². The topological polar surface area (TPSA) is 84.0 Å². The van der Waals surface area contributed by atoms with Crippen molar-refractivity contribution in [3.8, 4) is 0 Å². The molecule has 2 amide bonds. The van der Waals surface area contributed by atoms with Crippen molar-refractivity contribution < 1.29 is 9.59 Å². The van der Waals surface area contributed by atoms with Crippen LogP contribution < -0.4 is 10.9 Å². The van der Waals surface area contributed by atoms with Crippen molar-refractivity contribution >= 4 is 56.7 Å². The minimum Gasteiger partial charge on any atom is -0.272 e. The van der Waals surface area contributed by atoms with Gasteiger partial charge in [0.1, 0.15) is 22.1 Å². The Morgan fingerprint density at radius 3 is 2.83 bits per heavy atom. The lowest BCUT2D eigenvalue weighted by atomic mass is 9.97. The Balaban J connectivity index is 1.72. The molecule has 2 N–H and O–H groups in total. The summed E-state index contributed by atoms with van der Waals surface area (Å²) in [5, 5.41) is 1.92. The van der Waals surface area contributed by atoms with E-state index in [2.05, 4.69) is 20.8 Å². The number of hydrogen-bond acceptors (Lipinski definition) is 6. The molecule has 2 heterocycles. The second kappa shape index (κ2) is 7.46. The number of thiophene rings is 1. The average molecular weight is 371 g/mol. The Bertz CT molecular complexity index is 750. The first kappa shape index (κ1) is 16.5. The molecule has 0 fully saturated rings. The zero-order chi connectivity index (χ0) is 16.2. The van der Waals surface area contributed by atoms with Gasteiger partial charge in [-0.25, -0.2) is 9.97 Å². The minimum absolute atomic E-state index is 0.166. The number of carbonyl (C=O) groups is 2. The number of nitrogens with one attached hydrogen (secondary N) is 2. The number of aryl methyl sites for hydroxylation is 2. The lowest BCUT2D eigenvalue weighted by Crippen LogP contribution is -2.43. The van der Waals surface area contributed by atoms with Crippen LogP contribution in [0.3, 0.4) is 0 Å². The summed E-state index contributed by atoms with van der Waals surface area (Å²) in [4.78, 5) is 33.9. The number of hydrazine groups is 1. The molecule has 9 heteroatoms. The van der Waals surface area contributed by atoms with E-state index in [4.69, 9.17) is 11.6 Å². The van der Waals surface area contributed by atoms with E-state index in [0.717, 1.165) is 28.1 Å². The van der Waals surface area contributed by atoms with Gasteiger partial charge in [-0.3, -0.25) is 20.4 Å². The van der Waals surface area contributed by atoms with E-state index in [-0.39, 0.29) is 17.5 Å². The number of nitrogens with zero attached hydrogens (tertiary/aromatic N) is 2. The fourth-order valence-electron chi connectivity index (χ4n) is 2.51. The molecule has 6 nitrogen and oxygen atoms in total. The Morgan fingerprint density at radius 2 is 2.00 bits per heavy atom. The van der Waals surface area contributed by atoms with Crippen LogP contribution in [0.4, 0.5) is 0 Å². The van der Waals surface area contributed by atoms with Crippen LogP contribution in [-0.4, -0.2) is 33.4 Å². The summed E-state index contributed by atoms with van der Waals surface area (Å²) in [6, 6.07) is 0. The highest BCUT2D eigenvalue weighted by molar-refractivity contribution is 8.00. The van der Waals surface area contributed by atoms with E-state index in [1.54, 1.807) is 17.7 Å². The van der Waals surface area contributed by atoms with Crippen LogP contribution in [0.1, 0.15) is 23.3 Å². The molecular formula is C14H15ClN4O2S2. The zero-order valence-corrected chi connectivity index (χ0v) is 14.6. The van der Waals surface area contributed by atoms with Crippen LogP contribution in [0, 0.1) is 0 Å². The second-order valence-corrected chi connectivity index (χ2v) is 7.40. The summed E-state index contributed by atoms with van der Waals surface area (Å²) in [6.45, 7) is 0. The van der Waals surface area contributed by atoms with Gasteiger partial charge in [-0.05, 0) is 31.2 Å². The van der Waals surface area contributed by atoms with Gasteiger partial charge in [0.25, 0.3) is 5.91 Å². The van der Waals surface area contributed by atoms with Crippen molar-refractivity contribution in [1.29, 1.82) is 0 Å². The Kier molecular flexibility index (Phi) is 5.34. The zero-order valence-electron chi connectivity index (χ0n) is 12.2. The van der Waals surface area contributed by atoms with E-state index < -0.39 is 5.91 Å². The third-order valence-corrected chi connectivity index (χ3v) is 5.95. The standard InChI is InChI=1S/C14H15ClN4O2S2/c15-5-10(20)18-19-11(21)6-22-13-12-8-3-1-2-4-9(8)23-14(12)17-7-16-13/h7H,1-6H2,(H,18,20)(H,19,21). The van der Waals surface area contributed by atoms with Gasteiger partial charge in [0.2, 0.25) is 5.91 Å². The average Bonchev–Trinajstić information content (AvgIpc) is 2.96. The maximum atomic E-state index is 11.8. The van der Waals surface area contributed by atoms with Crippen LogP contribution in [0.15, 0.2) is 11.4 Å². The fourth-order valence-corrected chi connectivity index (χ4v) is 4.70. The van der Waals surface area contributed by atoms with Gasteiger partial charge >= 0.3 is 0 Å². The monoisotopic (exact) mass is 370 g/mol. The SMILES string of the molecule is O=C(CCl)NNC(=O)CSc1ncnc2sc3c(c12)CCCC3. The van der Waals surface area contributed by atoms with E-state index in [1.807, 2.05) is 0 Å². The fraction of sp³-hybridized carbons (Fsp3) is 0.429. The quantitative estimate of drug-likeness (QED) is 0.372. The number of thioether (sulfide) groups is 1. The summed E-state index contributed by atoms with van der Waals surface area (Å²) >= 11 is 8.43. The molecule has 0 atom stereocenters. The van der Waals surface area contributed by atoms with Crippen molar-refractivity contribution in [2.24, 2.45) is 0 Å². The molecule has 0 aliphatic heterocycles. The maximum absolute atomic E-state index is 11.8. The minimum atomic E-state index is -0.443. The van der Waals surface area contributed by atoms with Gasteiger partial charge in [0.15, 0.2) is 0 Å². The third kappa shape index (κ3) is 3.76. The number of carbonyl (C=O) groups excluding carboxylic acids is 2. The summed E-state index contributed by atoms with van der Waals surface area (Å²) in [6.07, 6.45) is 6.10. The highest BCUT2D eigenvalue weighted by Gasteiger charge is 2.20. The predicted molar refractivity (Wildman–Crippen MR) is 91.8 cm³/mol. The summed E-state index contributed by atoms with van der Waals surface area (Å²) in [5.74, 6) is -0.772. The number of aromatic nitrogens is 2. The van der Waals surface area contributed by atoms with Crippen LogP contribution in [0.5, 0.6) is 0 Å². The smallest absolute Gasteiger partial charge is 0.253 e. The molecular weight excluding hydrogens is 356 g/mol. The summed E-state index contributed by atoms with van der Waals surface area (Å²) in [5.41, 5.74) is 5.90. The van der Waals surface area contributed by atoms with Crippen LogP contribution in [-0.2, 0) is 22.4 Å². The molecule has 3 rings (SSSR count). The Labute approximate surface area is 146 Å². The predicted octanol–water partition coefficient (Wildman–Crippen LogP) is 2.05. The van der Waals surface area contributed by atoms with Crippen LogP contribution >= 0.6 is 34.7 Å². The molecule has 122 valence electrons. The lowest BCUT2D eigenvalue weighted by molar-refractivity contribution is -0.126. The van der Waals surface area contributed by atoms with Gasteiger partial charge in [-0.15, -0.1) is 22.9 Å². The molecule has 2 aromatic rings. The molecule has 2 aromatic heterocycles. The molecule has 23 heavy (non-hydrogen) atoms. The second-order valence-electron chi connectivity index (χ2n) is 5.09. The highest BCUT2D eigenvalue weighted by atomic mass is 35.5. The number of amides is 2. The third-order valence-electron chi connectivity index (χ3n) is 3.52. The first-order valence-corrected chi connectivity index (χ1v) is 9.54. The molecule has 0 unspecified atom stereocenters.